The van der Waals surface area contributed by atoms with Gasteiger partial charge in [0, 0.05) is 11.3 Å². The average molecular weight is 218 g/mol. The van der Waals surface area contributed by atoms with E-state index in [1.54, 1.807) is 29.2 Å². The van der Waals surface area contributed by atoms with Gasteiger partial charge in [-0.05, 0) is 24.3 Å². The second-order valence-corrected chi connectivity index (χ2v) is 3.54. The minimum atomic E-state index is -0.310. The molecule has 16 heavy (non-hydrogen) atoms. The van der Waals surface area contributed by atoms with Crippen molar-refractivity contribution in [1.82, 2.24) is 5.32 Å². The molecule has 1 aliphatic rings. The van der Waals surface area contributed by atoms with E-state index in [1.165, 1.54) is 0 Å². The lowest BCUT2D eigenvalue weighted by atomic mass is 10.2. The second-order valence-electron chi connectivity index (χ2n) is 3.54. The fourth-order valence-electron chi connectivity index (χ4n) is 1.58. The van der Waals surface area contributed by atoms with Gasteiger partial charge in [-0.3, -0.25) is 19.7 Å². The third-order valence-corrected chi connectivity index (χ3v) is 2.34. The third-order valence-electron chi connectivity index (χ3n) is 2.34. The summed E-state index contributed by atoms with van der Waals surface area (Å²) in [5, 5.41) is 2.23. The Morgan fingerprint density at radius 3 is 2.12 bits per heavy atom. The first kappa shape index (κ1) is 10.4. The number of carbonyl (C=O) groups is 3. The van der Waals surface area contributed by atoms with Crippen LogP contribution in [-0.2, 0) is 9.59 Å². The van der Waals surface area contributed by atoms with Crippen LogP contribution in [0.15, 0.2) is 24.3 Å². The highest BCUT2D eigenvalue weighted by Crippen LogP contribution is 2.15. The lowest BCUT2D eigenvalue weighted by molar-refractivity contribution is -0.130. The summed E-state index contributed by atoms with van der Waals surface area (Å²) in [6, 6.07) is 6.74. The Morgan fingerprint density at radius 2 is 1.62 bits per heavy atom. The average Bonchev–Trinajstić information content (AvgIpc) is 2.28. The van der Waals surface area contributed by atoms with Gasteiger partial charge in [0.25, 0.3) is 0 Å². The number of amides is 2. The van der Waals surface area contributed by atoms with Crippen molar-refractivity contribution < 1.29 is 14.4 Å². The van der Waals surface area contributed by atoms with Crippen LogP contribution < -0.4 is 10.2 Å². The first-order valence-electron chi connectivity index (χ1n) is 4.82. The monoisotopic (exact) mass is 218 g/mol. The number of anilines is 1. The van der Waals surface area contributed by atoms with Crippen molar-refractivity contribution in [3.8, 4) is 0 Å². The summed E-state index contributed by atoms with van der Waals surface area (Å²) in [4.78, 5) is 34.4. The number of benzene rings is 1. The Kier molecular flexibility index (Phi) is 2.68. The smallest absolute Gasteiger partial charge is 0.246 e. The zero-order valence-corrected chi connectivity index (χ0v) is 8.47. The predicted molar refractivity (Wildman–Crippen MR) is 57.2 cm³/mol. The van der Waals surface area contributed by atoms with Crippen LogP contribution >= 0.6 is 0 Å². The lowest BCUT2D eigenvalue weighted by Gasteiger charge is -2.27. The molecule has 0 radical (unpaired) electrons. The fourth-order valence-corrected chi connectivity index (χ4v) is 1.58. The maximum Gasteiger partial charge on any atom is 0.246 e. The maximum atomic E-state index is 11.2. The first-order chi connectivity index (χ1) is 7.69. The van der Waals surface area contributed by atoms with Crippen molar-refractivity contribution in [3.63, 3.8) is 0 Å². The number of hydrogen-bond acceptors (Lipinski definition) is 4. The van der Waals surface area contributed by atoms with Crippen molar-refractivity contribution in [2.75, 3.05) is 18.0 Å². The van der Waals surface area contributed by atoms with Gasteiger partial charge in [0.15, 0.2) is 0 Å². The van der Waals surface area contributed by atoms with Crippen molar-refractivity contribution in [1.29, 1.82) is 0 Å². The van der Waals surface area contributed by atoms with E-state index >= 15 is 0 Å². The molecule has 2 rings (SSSR count). The Hall–Kier alpha value is -2.17. The summed E-state index contributed by atoms with van der Waals surface area (Å²) in [5.74, 6) is -0.619. The van der Waals surface area contributed by atoms with Crippen LogP contribution in [0, 0.1) is 0 Å². The van der Waals surface area contributed by atoms with Crippen LogP contribution in [0.4, 0.5) is 5.69 Å². The highest BCUT2D eigenvalue weighted by atomic mass is 16.2. The van der Waals surface area contributed by atoms with Crippen LogP contribution in [0.25, 0.3) is 0 Å². The van der Waals surface area contributed by atoms with Gasteiger partial charge in [-0.15, -0.1) is 0 Å². The molecule has 0 aromatic heterocycles. The fraction of sp³-hybridized carbons (Fsp3) is 0.182. The standard InChI is InChI=1S/C11H10N2O3/c14-7-8-1-3-9(4-2-8)13-5-10(15)12-11(16)6-13/h1-4,7H,5-6H2,(H,12,15,16). The molecule has 82 valence electrons. The van der Waals surface area contributed by atoms with Crippen LogP contribution in [0.5, 0.6) is 0 Å². The van der Waals surface area contributed by atoms with Crippen molar-refractivity contribution in [2.24, 2.45) is 0 Å². The second kappa shape index (κ2) is 4.14. The molecule has 0 aliphatic carbocycles. The van der Waals surface area contributed by atoms with E-state index in [2.05, 4.69) is 5.32 Å². The summed E-state index contributed by atoms with van der Waals surface area (Å²) in [6.45, 7) is 0.318. The van der Waals surface area contributed by atoms with Crippen molar-refractivity contribution >= 4 is 23.8 Å². The van der Waals surface area contributed by atoms with E-state index in [9.17, 15) is 14.4 Å². The van der Waals surface area contributed by atoms with Gasteiger partial charge in [-0.25, -0.2) is 0 Å². The van der Waals surface area contributed by atoms with Gasteiger partial charge in [0.05, 0.1) is 13.1 Å². The van der Waals surface area contributed by atoms with E-state index in [0.717, 1.165) is 12.0 Å². The summed E-state index contributed by atoms with van der Waals surface area (Å²) in [7, 11) is 0. The third kappa shape index (κ3) is 2.08. The van der Waals surface area contributed by atoms with Gasteiger partial charge in [0.2, 0.25) is 11.8 Å². The van der Waals surface area contributed by atoms with E-state index in [1.807, 2.05) is 0 Å². The Labute approximate surface area is 92.0 Å². The van der Waals surface area contributed by atoms with Gasteiger partial charge < -0.3 is 4.90 Å². The van der Waals surface area contributed by atoms with Gasteiger partial charge in [-0.2, -0.15) is 0 Å². The molecule has 0 bridgehead atoms. The molecule has 0 atom stereocenters. The first-order valence-corrected chi connectivity index (χ1v) is 4.82. The summed E-state index contributed by atoms with van der Waals surface area (Å²) in [5.41, 5.74) is 1.32. The number of hydrogen-bond donors (Lipinski definition) is 1. The van der Waals surface area contributed by atoms with Crippen molar-refractivity contribution in [2.45, 2.75) is 0 Å². The molecule has 1 aromatic rings. The molecule has 1 saturated heterocycles. The van der Waals surface area contributed by atoms with Crippen molar-refractivity contribution in [3.05, 3.63) is 29.8 Å². The number of nitrogens with one attached hydrogen (secondary N) is 1. The predicted octanol–water partition coefficient (Wildman–Crippen LogP) is -0.0381. The molecule has 1 fully saturated rings. The minimum absolute atomic E-state index is 0.159. The van der Waals surface area contributed by atoms with Gasteiger partial charge >= 0.3 is 0 Å². The van der Waals surface area contributed by atoms with E-state index < -0.39 is 0 Å². The molecule has 2 amide bonds. The molecule has 0 unspecified atom stereocenters. The summed E-state index contributed by atoms with van der Waals surface area (Å²) < 4.78 is 0. The van der Waals surface area contributed by atoms with Crippen LogP contribution in [-0.4, -0.2) is 31.2 Å². The topological polar surface area (TPSA) is 66.5 Å². The maximum absolute atomic E-state index is 11.2. The van der Waals surface area contributed by atoms with Gasteiger partial charge in [-0.1, -0.05) is 0 Å². The Balaban J connectivity index is 2.19. The summed E-state index contributed by atoms with van der Waals surface area (Å²) in [6.07, 6.45) is 0.748. The quantitative estimate of drug-likeness (QED) is 0.559. The molecule has 5 heteroatoms. The molecule has 1 aliphatic heterocycles. The Bertz CT molecular complexity index is 423. The minimum Gasteiger partial charge on any atom is -0.353 e. The Morgan fingerprint density at radius 1 is 1.06 bits per heavy atom. The number of imide groups is 1. The number of aldehydes is 1. The lowest BCUT2D eigenvalue weighted by Crippen LogP contribution is -2.51. The molecule has 0 spiro atoms. The molecule has 1 aromatic carbocycles. The molecular weight excluding hydrogens is 208 g/mol. The zero-order valence-electron chi connectivity index (χ0n) is 8.47. The number of carbonyl (C=O) groups excluding carboxylic acids is 3. The van der Waals surface area contributed by atoms with Crippen LogP contribution in [0.3, 0.4) is 0 Å². The highest BCUT2D eigenvalue weighted by Gasteiger charge is 2.22. The normalized spacial score (nSPS) is 15.9. The SMILES string of the molecule is O=Cc1ccc(N2CC(=O)NC(=O)C2)cc1. The van der Waals surface area contributed by atoms with Gasteiger partial charge in [0.1, 0.15) is 6.29 Å². The van der Waals surface area contributed by atoms with E-state index in [4.69, 9.17) is 0 Å². The molecule has 1 heterocycles. The number of nitrogens with zero attached hydrogens (tertiary/aromatic N) is 1. The summed E-state index contributed by atoms with van der Waals surface area (Å²) >= 11 is 0. The number of piperazine rings is 1. The largest absolute Gasteiger partial charge is 0.353 e. The van der Waals surface area contributed by atoms with E-state index in [0.29, 0.717) is 5.56 Å². The highest BCUT2D eigenvalue weighted by molar-refractivity contribution is 6.02. The van der Waals surface area contributed by atoms with Crippen LogP contribution in [0.1, 0.15) is 10.4 Å². The van der Waals surface area contributed by atoms with E-state index in [-0.39, 0.29) is 24.9 Å². The molecule has 5 nitrogen and oxygen atoms in total. The van der Waals surface area contributed by atoms with Crippen LogP contribution in [0.2, 0.25) is 0 Å². The molecular formula is C11H10N2O3. The zero-order chi connectivity index (χ0) is 11.5. The number of rotatable bonds is 2. The molecule has 0 saturated carbocycles. The molecule has 1 N–H and O–H groups in total.